The molecule has 0 unspecified atom stereocenters. The highest BCUT2D eigenvalue weighted by atomic mass is 16.4. The number of hydrogen-bond acceptors (Lipinski definition) is 4. The lowest BCUT2D eigenvalue weighted by atomic mass is 10.0. The van der Waals surface area contributed by atoms with Gasteiger partial charge in [-0.25, -0.2) is 4.79 Å². The molecule has 0 aliphatic rings. The first kappa shape index (κ1) is 18.1. The standard InChI is InChI=1S/C17H26N4O3/c1-6-13(15-11(2)20-21(5)12(15)3)19-16(22)18-10-17(4,23)14-8-7-9-24-14/h7-9,13,23H,6,10H2,1-5H3,(H2,18,19,22)/t13-,17-/m0/s1. The van der Waals surface area contributed by atoms with Crippen LogP contribution in [-0.2, 0) is 12.6 Å². The van der Waals surface area contributed by atoms with Crippen LogP contribution in [0.15, 0.2) is 22.8 Å². The molecule has 0 aliphatic carbocycles. The predicted molar refractivity (Wildman–Crippen MR) is 90.5 cm³/mol. The van der Waals surface area contributed by atoms with Crippen LogP contribution in [-0.4, -0.2) is 27.5 Å². The first-order valence-electron chi connectivity index (χ1n) is 8.07. The molecule has 0 aromatic carbocycles. The second-order valence-electron chi connectivity index (χ2n) is 6.25. The van der Waals surface area contributed by atoms with Crippen LogP contribution in [0, 0.1) is 13.8 Å². The van der Waals surface area contributed by atoms with E-state index in [-0.39, 0.29) is 18.6 Å². The molecule has 0 aliphatic heterocycles. The lowest BCUT2D eigenvalue weighted by Crippen LogP contribution is -2.44. The smallest absolute Gasteiger partial charge is 0.315 e. The van der Waals surface area contributed by atoms with E-state index in [1.54, 1.807) is 19.1 Å². The van der Waals surface area contributed by atoms with E-state index in [4.69, 9.17) is 4.42 Å². The quantitative estimate of drug-likeness (QED) is 0.756. The molecular formula is C17H26N4O3. The van der Waals surface area contributed by atoms with Crippen molar-refractivity contribution in [3.05, 3.63) is 41.1 Å². The molecule has 0 spiro atoms. The highest BCUT2D eigenvalue weighted by Gasteiger charge is 2.27. The van der Waals surface area contributed by atoms with Crippen LogP contribution in [0.4, 0.5) is 4.79 Å². The summed E-state index contributed by atoms with van der Waals surface area (Å²) in [5.41, 5.74) is 1.71. The van der Waals surface area contributed by atoms with E-state index in [2.05, 4.69) is 15.7 Å². The number of amides is 2. The number of rotatable bonds is 6. The molecule has 2 heterocycles. The van der Waals surface area contributed by atoms with Crippen molar-refractivity contribution < 1.29 is 14.3 Å². The van der Waals surface area contributed by atoms with Crippen molar-refractivity contribution in [3.8, 4) is 0 Å². The van der Waals surface area contributed by atoms with Crippen LogP contribution in [0.5, 0.6) is 0 Å². The van der Waals surface area contributed by atoms with Gasteiger partial charge in [-0.1, -0.05) is 6.92 Å². The Hall–Kier alpha value is -2.28. The molecule has 7 heteroatoms. The van der Waals surface area contributed by atoms with Crippen molar-refractivity contribution in [2.45, 2.75) is 45.8 Å². The van der Waals surface area contributed by atoms with Gasteiger partial charge in [-0.05, 0) is 39.3 Å². The molecule has 24 heavy (non-hydrogen) atoms. The minimum absolute atomic E-state index is 0.0494. The molecule has 7 nitrogen and oxygen atoms in total. The Bertz CT molecular complexity index is 689. The Labute approximate surface area is 142 Å². The van der Waals surface area contributed by atoms with Crippen LogP contribution in [0.2, 0.25) is 0 Å². The van der Waals surface area contributed by atoms with E-state index in [1.165, 1.54) is 6.26 Å². The van der Waals surface area contributed by atoms with Crippen LogP contribution in [0.25, 0.3) is 0 Å². The molecule has 3 N–H and O–H groups in total. The summed E-state index contributed by atoms with van der Waals surface area (Å²) in [4.78, 5) is 12.2. The summed E-state index contributed by atoms with van der Waals surface area (Å²) in [6.07, 6.45) is 2.24. The molecular weight excluding hydrogens is 308 g/mol. The molecule has 0 bridgehead atoms. The van der Waals surface area contributed by atoms with Gasteiger partial charge in [0, 0.05) is 18.3 Å². The summed E-state index contributed by atoms with van der Waals surface area (Å²) in [5, 5.41) is 20.4. The van der Waals surface area contributed by atoms with E-state index in [1.807, 2.05) is 32.5 Å². The monoisotopic (exact) mass is 334 g/mol. The topological polar surface area (TPSA) is 92.3 Å². The van der Waals surface area contributed by atoms with Crippen LogP contribution in [0.1, 0.15) is 49.0 Å². The number of nitrogens with zero attached hydrogens (tertiary/aromatic N) is 2. The number of carbonyl (C=O) groups excluding carboxylic acids is 1. The largest absolute Gasteiger partial charge is 0.466 e. The van der Waals surface area contributed by atoms with Gasteiger partial charge in [0.1, 0.15) is 11.4 Å². The van der Waals surface area contributed by atoms with Gasteiger partial charge in [-0.3, -0.25) is 4.68 Å². The Balaban J connectivity index is 2.00. The normalized spacial score (nSPS) is 14.9. The highest BCUT2D eigenvalue weighted by molar-refractivity contribution is 5.74. The molecule has 0 saturated carbocycles. The zero-order valence-electron chi connectivity index (χ0n) is 14.9. The molecule has 2 aromatic rings. The predicted octanol–water partition coefficient (Wildman–Crippen LogP) is 2.29. The van der Waals surface area contributed by atoms with E-state index < -0.39 is 5.60 Å². The molecule has 2 atom stereocenters. The maximum Gasteiger partial charge on any atom is 0.315 e. The fourth-order valence-electron chi connectivity index (χ4n) is 2.81. The molecule has 2 rings (SSSR count). The number of furan rings is 1. The van der Waals surface area contributed by atoms with Crippen molar-refractivity contribution in [1.82, 2.24) is 20.4 Å². The van der Waals surface area contributed by atoms with Gasteiger partial charge in [0.25, 0.3) is 0 Å². The van der Waals surface area contributed by atoms with Crippen LogP contribution in [0.3, 0.4) is 0 Å². The Morgan fingerprint density at radius 1 is 1.50 bits per heavy atom. The summed E-state index contributed by atoms with van der Waals surface area (Å²) in [7, 11) is 1.89. The van der Waals surface area contributed by atoms with Crippen molar-refractivity contribution >= 4 is 6.03 Å². The van der Waals surface area contributed by atoms with Crippen molar-refractivity contribution in [3.63, 3.8) is 0 Å². The molecule has 0 radical (unpaired) electrons. The average Bonchev–Trinajstić information content (AvgIpc) is 3.14. The number of urea groups is 1. The van der Waals surface area contributed by atoms with Gasteiger partial charge in [-0.15, -0.1) is 0 Å². The SMILES string of the molecule is CC[C@H](NC(=O)NC[C@](C)(O)c1ccco1)c1c(C)nn(C)c1C. The third kappa shape index (κ3) is 3.79. The van der Waals surface area contributed by atoms with Crippen molar-refractivity contribution in [2.24, 2.45) is 7.05 Å². The summed E-state index contributed by atoms with van der Waals surface area (Å²) in [5.74, 6) is 0.411. The molecule has 2 aromatic heterocycles. The lowest BCUT2D eigenvalue weighted by Gasteiger charge is -2.23. The fourth-order valence-corrected chi connectivity index (χ4v) is 2.81. The number of carbonyl (C=O) groups is 1. The lowest BCUT2D eigenvalue weighted by molar-refractivity contribution is 0.0366. The Kier molecular flexibility index (Phi) is 5.33. The third-order valence-corrected chi connectivity index (χ3v) is 4.27. The Morgan fingerprint density at radius 2 is 2.21 bits per heavy atom. The maximum absolute atomic E-state index is 12.2. The first-order valence-corrected chi connectivity index (χ1v) is 8.07. The Morgan fingerprint density at radius 3 is 2.71 bits per heavy atom. The number of nitrogens with one attached hydrogen (secondary N) is 2. The van der Waals surface area contributed by atoms with Gasteiger partial charge >= 0.3 is 6.03 Å². The summed E-state index contributed by atoms with van der Waals surface area (Å²) < 4.78 is 7.02. The van der Waals surface area contributed by atoms with Gasteiger partial charge in [-0.2, -0.15) is 5.10 Å². The van der Waals surface area contributed by atoms with E-state index >= 15 is 0 Å². The minimum atomic E-state index is -1.26. The van der Waals surface area contributed by atoms with Crippen LogP contribution < -0.4 is 10.6 Å². The second kappa shape index (κ2) is 7.09. The number of aliphatic hydroxyl groups is 1. The van der Waals surface area contributed by atoms with Gasteiger partial charge in [0.2, 0.25) is 0 Å². The van der Waals surface area contributed by atoms with Crippen LogP contribution >= 0.6 is 0 Å². The van der Waals surface area contributed by atoms with E-state index in [0.717, 1.165) is 23.4 Å². The second-order valence-corrected chi connectivity index (χ2v) is 6.25. The van der Waals surface area contributed by atoms with E-state index in [9.17, 15) is 9.90 Å². The highest BCUT2D eigenvalue weighted by Crippen LogP contribution is 2.24. The van der Waals surface area contributed by atoms with Crippen molar-refractivity contribution in [1.29, 1.82) is 0 Å². The average molecular weight is 334 g/mol. The first-order chi connectivity index (χ1) is 11.3. The van der Waals surface area contributed by atoms with Gasteiger partial charge in [0.15, 0.2) is 0 Å². The molecule has 2 amide bonds. The van der Waals surface area contributed by atoms with Gasteiger partial charge < -0.3 is 20.2 Å². The molecule has 132 valence electrons. The van der Waals surface area contributed by atoms with Gasteiger partial charge in [0.05, 0.1) is 24.5 Å². The summed E-state index contributed by atoms with van der Waals surface area (Å²) >= 11 is 0. The summed E-state index contributed by atoms with van der Waals surface area (Å²) in [6.45, 7) is 7.58. The van der Waals surface area contributed by atoms with E-state index in [0.29, 0.717) is 5.76 Å². The third-order valence-electron chi connectivity index (χ3n) is 4.27. The van der Waals surface area contributed by atoms with Crippen molar-refractivity contribution in [2.75, 3.05) is 6.54 Å². The number of aryl methyl sites for hydroxylation is 2. The molecule has 0 saturated heterocycles. The fraction of sp³-hybridized carbons (Fsp3) is 0.529. The zero-order valence-corrected chi connectivity index (χ0v) is 14.9. The zero-order chi connectivity index (χ0) is 17.9. The molecule has 0 fully saturated rings. The maximum atomic E-state index is 12.2. The number of aromatic nitrogens is 2. The minimum Gasteiger partial charge on any atom is -0.466 e. The summed E-state index contributed by atoms with van der Waals surface area (Å²) in [6, 6.07) is 2.91. The number of hydrogen-bond donors (Lipinski definition) is 3.